The molecule has 0 aromatic heterocycles. The van der Waals surface area contributed by atoms with E-state index < -0.39 is 5.97 Å². The van der Waals surface area contributed by atoms with Crippen molar-refractivity contribution in [3.63, 3.8) is 0 Å². The maximum absolute atomic E-state index is 10.9. The summed E-state index contributed by atoms with van der Waals surface area (Å²) in [5.74, 6) is 4.41. The second-order valence-corrected chi connectivity index (χ2v) is 1.95. The lowest BCUT2D eigenvalue weighted by molar-refractivity contribution is -0.135. The molecule has 0 aliphatic carbocycles. The van der Waals surface area contributed by atoms with Crippen LogP contribution in [0.25, 0.3) is 0 Å². The predicted octanol–water partition coefficient (Wildman–Crippen LogP) is -0.190. The van der Waals surface area contributed by atoms with Gasteiger partial charge in [0.05, 0.1) is 12.8 Å². The summed E-state index contributed by atoms with van der Waals surface area (Å²) in [4.78, 5) is 10.9. The number of nitrogens with one attached hydrogen (secondary N) is 1. The summed E-state index contributed by atoms with van der Waals surface area (Å²) in [5.41, 5.74) is 2.57. The van der Waals surface area contributed by atoms with E-state index in [1.54, 1.807) is 13.0 Å². The molecule has 3 N–H and O–H groups in total. The Labute approximate surface area is 70.8 Å². The van der Waals surface area contributed by atoms with Crippen molar-refractivity contribution in [2.24, 2.45) is 5.84 Å². The lowest BCUT2D eigenvalue weighted by Gasteiger charge is -2.04. The molecule has 0 rings (SSSR count). The van der Waals surface area contributed by atoms with Crippen molar-refractivity contribution < 1.29 is 9.53 Å². The predicted molar refractivity (Wildman–Crippen MR) is 42.3 cm³/mol. The topological polar surface area (TPSA) is 88.1 Å². The smallest absolute Gasteiger partial charge is 0.350 e. The lowest BCUT2D eigenvalue weighted by Crippen LogP contribution is -2.24. The molecule has 0 bridgehead atoms. The molecule has 0 aliphatic heterocycles. The number of hydrazine groups is 1. The molecular formula is C7H11N3O2. The normalized spacial score (nSPS) is 11.2. The molecule has 0 amide bonds. The van der Waals surface area contributed by atoms with E-state index in [2.05, 4.69) is 10.2 Å². The van der Waals surface area contributed by atoms with Crippen molar-refractivity contribution in [2.45, 2.75) is 13.3 Å². The number of carbonyl (C=O) groups is 1. The number of hydrogen-bond donors (Lipinski definition) is 2. The minimum atomic E-state index is -0.674. The van der Waals surface area contributed by atoms with Crippen molar-refractivity contribution in [3.8, 4) is 6.07 Å². The van der Waals surface area contributed by atoms with E-state index in [1.807, 2.05) is 0 Å². The van der Waals surface area contributed by atoms with Crippen LogP contribution in [0.4, 0.5) is 0 Å². The number of allylic oxidation sites excluding steroid dienone is 1. The molecule has 0 saturated heterocycles. The van der Waals surface area contributed by atoms with Crippen LogP contribution >= 0.6 is 0 Å². The lowest BCUT2D eigenvalue weighted by atomic mass is 10.2. The molecule has 0 aliphatic rings. The van der Waals surface area contributed by atoms with Crippen molar-refractivity contribution >= 4 is 5.97 Å². The Hall–Kier alpha value is -1.54. The average molecular weight is 169 g/mol. The molecule has 5 heteroatoms. The van der Waals surface area contributed by atoms with Crippen LogP contribution < -0.4 is 11.3 Å². The summed E-state index contributed by atoms with van der Waals surface area (Å²) >= 11 is 0. The molecule has 66 valence electrons. The van der Waals surface area contributed by atoms with E-state index in [0.29, 0.717) is 12.1 Å². The maximum atomic E-state index is 10.9. The van der Waals surface area contributed by atoms with Crippen LogP contribution in [0.3, 0.4) is 0 Å². The fourth-order valence-electron chi connectivity index (χ4n) is 0.689. The van der Waals surface area contributed by atoms with Gasteiger partial charge in [-0.05, 0) is 6.42 Å². The van der Waals surface area contributed by atoms with Crippen LogP contribution in [0.1, 0.15) is 13.3 Å². The second-order valence-electron chi connectivity index (χ2n) is 1.95. The number of esters is 1. The van der Waals surface area contributed by atoms with E-state index in [-0.39, 0.29) is 5.57 Å². The number of ether oxygens (including phenoxy) is 1. The highest BCUT2D eigenvalue weighted by Gasteiger charge is 2.13. The Morgan fingerprint density at radius 3 is 2.58 bits per heavy atom. The van der Waals surface area contributed by atoms with Gasteiger partial charge in [0.25, 0.3) is 0 Å². The molecule has 12 heavy (non-hydrogen) atoms. The molecule has 0 spiro atoms. The van der Waals surface area contributed by atoms with Gasteiger partial charge in [0, 0.05) is 0 Å². The summed E-state index contributed by atoms with van der Waals surface area (Å²) in [5, 5.41) is 8.56. The summed E-state index contributed by atoms with van der Waals surface area (Å²) in [6, 6.07) is 1.72. The number of nitrogens with two attached hydrogens (primary N) is 1. The molecule has 0 radical (unpaired) electrons. The van der Waals surface area contributed by atoms with Crippen molar-refractivity contribution in [2.75, 3.05) is 7.11 Å². The number of hydrogen-bond acceptors (Lipinski definition) is 5. The maximum Gasteiger partial charge on any atom is 0.350 e. The third kappa shape index (κ3) is 2.25. The number of nitriles is 1. The third-order valence-electron chi connectivity index (χ3n) is 1.33. The summed E-state index contributed by atoms with van der Waals surface area (Å²) in [7, 11) is 1.21. The van der Waals surface area contributed by atoms with Gasteiger partial charge in [0.2, 0.25) is 0 Å². The second kappa shape index (κ2) is 5.16. The Balaban J connectivity index is 4.85. The van der Waals surface area contributed by atoms with E-state index in [1.165, 1.54) is 7.11 Å². The van der Waals surface area contributed by atoms with Crippen molar-refractivity contribution in [1.29, 1.82) is 5.26 Å². The van der Waals surface area contributed by atoms with Crippen LogP contribution in [0.15, 0.2) is 11.3 Å². The first kappa shape index (κ1) is 10.5. The number of nitrogens with zero attached hydrogens (tertiary/aromatic N) is 1. The highest BCUT2D eigenvalue weighted by Crippen LogP contribution is 2.04. The van der Waals surface area contributed by atoms with Gasteiger partial charge < -0.3 is 10.2 Å². The Kier molecular flexibility index (Phi) is 4.49. The van der Waals surface area contributed by atoms with Gasteiger partial charge in [-0.3, -0.25) is 5.84 Å². The zero-order valence-corrected chi connectivity index (χ0v) is 7.05. The fourth-order valence-corrected chi connectivity index (χ4v) is 0.689. The number of methoxy groups -OCH3 is 1. The molecule has 0 aromatic rings. The van der Waals surface area contributed by atoms with Crippen LogP contribution in [-0.2, 0) is 9.53 Å². The Morgan fingerprint density at radius 2 is 2.33 bits per heavy atom. The van der Waals surface area contributed by atoms with Gasteiger partial charge in [-0.25, -0.2) is 4.79 Å². The molecule has 5 nitrogen and oxygen atoms in total. The minimum absolute atomic E-state index is 0.0810. The van der Waals surface area contributed by atoms with Gasteiger partial charge in [0.15, 0.2) is 5.57 Å². The SMILES string of the molecule is CC/C(NN)=C(\C#N)C(=O)OC. The van der Waals surface area contributed by atoms with E-state index >= 15 is 0 Å². The quantitative estimate of drug-likeness (QED) is 0.201. The number of rotatable bonds is 3. The monoisotopic (exact) mass is 169 g/mol. The number of carbonyl (C=O) groups excluding carboxylic acids is 1. The van der Waals surface area contributed by atoms with Crippen LogP contribution in [0.2, 0.25) is 0 Å². The van der Waals surface area contributed by atoms with Crippen LogP contribution in [0.5, 0.6) is 0 Å². The van der Waals surface area contributed by atoms with E-state index in [0.717, 1.165) is 0 Å². The molecule has 0 aromatic carbocycles. The molecule has 0 fully saturated rings. The van der Waals surface area contributed by atoms with Crippen LogP contribution in [-0.4, -0.2) is 13.1 Å². The first-order valence-electron chi connectivity index (χ1n) is 3.39. The molecule has 0 unspecified atom stereocenters. The summed E-state index contributed by atoms with van der Waals surface area (Å²) in [6.45, 7) is 1.77. The van der Waals surface area contributed by atoms with Gasteiger partial charge in [-0.2, -0.15) is 5.26 Å². The summed E-state index contributed by atoms with van der Waals surface area (Å²) in [6.07, 6.45) is 0.481. The van der Waals surface area contributed by atoms with Crippen LogP contribution in [0, 0.1) is 11.3 Å². The Morgan fingerprint density at radius 1 is 1.75 bits per heavy atom. The highest BCUT2D eigenvalue weighted by molar-refractivity contribution is 5.93. The largest absolute Gasteiger partial charge is 0.465 e. The van der Waals surface area contributed by atoms with Crippen molar-refractivity contribution in [1.82, 2.24) is 5.43 Å². The third-order valence-corrected chi connectivity index (χ3v) is 1.33. The average Bonchev–Trinajstić information content (AvgIpc) is 2.12. The first-order chi connectivity index (χ1) is 5.71. The minimum Gasteiger partial charge on any atom is -0.465 e. The van der Waals surface area contributed by atoms with Gasteiger partial charge in [0.1, 0.15) is 6.07 Å². The molecular weight excluding hydrogens is 158 g/mol. The first-order valence-corrected chi connectivity index (χ1v) is 3.39. The van der Waals surface area contributed by atoms with E-state index in [9.17, 15) is 4.79 Å². The highest BCUT2D eigenvalue weighted by atomic mass is 16.5. The zero-order valence-electron chi connectivity index (χ0n) is 7.05. The fraction of sp³-hybridized carbons (Fsp3) is 0.429. The summed E-state index contributed by atoms with van der Waals surface area (Å²) < 4.78 is 4.37. The standard InChI is InChI=1S/C7H11N3O2/c1-3-6(10-9)5(4-8)7(11)12-2/h10H,3,9H2,1-2H3/b6-5-. The van der Waals surface area contributed by atoms with Crippen molar-refractivity contribution in [3.05, 3.63) is 11.3 Å². The molecule has 0 saturated carbocycles. The molecule has 0 atom stereocenters. The Bertz CT molecular complexity index is 234. The van der Waals surface area contributed by atoms with E-state index in [4.69, 9.17) is 11.1 Å². The van der Waals surface area contributed by atoms with Gasteiger partial charge in [-0.15, -0.1) is 0 Å². The molecule has 0 heterocycles. The van der Waals surface area contributed by atoms with Gasteiger partial charge in [-0.1, -0.05) is 6.92 Å². The van der Waals surface area contributed by atoms with Gasteiger partial charge >= 0.3 is 5.97 Å². The zero-order chi connectivity index (χ0) is 9.56.